The molecule has 1 aliphatic rings. The minimum Gasteiger partial charge on any atom is -0.342 e. The van der Waals surface area contributed by atoms with Crippen molar-refractivity contribution in [2.75, 3.05) is 18.8 Å². The van der Waals surface area contributed by atoms with E-state index in [1.54, 1.807) is 4.90 Å². The standard InChI is InChI=1S/C15H19FN2O4S/c16-13-3-1-12(2-4-13)14(19)5-6-15(20)18-8-7-11(9-18)10-23(17,21)22/h1-4,11H,5-10H2,(H2,17,21,22)/t11-/m0/s1. The first kappa shape index (κ1) is 17.6. The van der Waals surface area contributed by atoms with Crippen LogP contribution in [0.5, 0.6) is 0 Å². The first-order chi connectivity index (χ1) is 10.7. The number of carbonyl (C=O) groups is 2. The Morgan fingerprint density at radius 1 is 1.22 bits per heavy atom. The zero-order valence-corrected chi connectivity index (χ0v) is 13.4. The van der Waals surface area contributed by atoms with Crippen molar-refractivity contribution in [2.45, 2.75) is 19.3 Å². The smallest absolute Gasteiger partial charge is 0.223 e. The van der Waals surface area contributed by atoms with E-state index in [4.69, 9.17) is 5.14 Å². The Balaban J connectivity index is 1.81. The van der Waals surface area contributed by atoms with Gasteiger partial charge in [-0.3, -0.25) is 9.59 Å². The second-order valence-corrected chi connectivity index (χ2v) is 7.41. The molecule has 0 aromatic heterocycles. The summed E-state index contributed by atoms with van der Waals surface area (Å²) in [6, 6.07) is 5.18. The number of likely N-dealkylation sites (tertiary alicyclic amines) is 1. The highest BCUT2D eigenvalue weighted by Crippen LogP contribution is 2.19. The quantitative estimate of drug-likeness (QED) is 0.778. The van der Waals surface area contributed by atoms with Gasteiger partial charge in [-0.2, -0.15) is 0 Å². The summed E-state index contributed by atoms with van der Waals surface area (Å²) >= 11 is 0. The number of nitrogens with two attached hydrogens (primary N) is 1. The molecule has 1 aromatic rings. The molecule has 0 radical (unpaired) electrons. The largest absolute Gasteiger partial charge is 0.342 e. The molecule has 2 N–H and O–H groups in total. The number of hydrogen-bond donors (Lipinski definition) is 1. The Labute approximate surface area is 134 Å². The number of nitrogens with zero attached hydrogens (tertiary/aromatic N) is 1. The third-order valence-corrected chi connectivity index (χ3v) is 4.77. The van der Waals surface area contributed by atoms with E-state index >= 15 is 0 Å². The minimum absolute atomic E-state index is 0.0425. The third kappa shape index (κ3) is 5.40. The lowest BCUT2D eigenvalue weighted by atomic mass is 10.1. The maximum atomic E-state index is 12.8. The van der Waals surface area contributed by atoms with Gasteiger partial charge in [0.15, 0.2) is 5.78 Å². The molecular formula is C15H19FN2O4S. The van der Waals surface area contributed by atoms with Crippen LogP contribution in [0.1, 0.15) is 29.6 Å². The normalized spacial score (nSPS) is 18.2. The molecule has 2 rings (SSSR count). The Morgan fingerprint density at radius 3 is 2.48 bits per heavy atom. The van der Waals surface area contributed by atoms with E-state index in [-0.39, 0.29) is 36.2 Å². The number of benzene rings is 1. The van der Waals surface area contributed by atoms with Crippen LogP contribution in [0.2, 0.25) is 0 Å². The molecule has 1 fully saturated rings. The molecule has 8 heteroatoms. The second-order valence-electron chi connectivity index (χ2n) is 5.75. The van der Waals surface area contributed by atoms with Crippen LogP contribution < -0.4 is 5.14 Å². The van der Waals surface area contributed by atoms with Crippen molar-refractivity contribution in [3.05, 3.63) is 35.6 Å². The van der Waals surface area contributed by atoms with Crippen molar-refractivity contribution in [3.63, 3.8) is 0 Å². The highest BCUT2D eigenvalue weighted by atomic mass is 32.2. The number of sulfonamides is 1. The van der Waals surface area contributed by atoms with Crippen LogP contribution in [0.4, 0.5) is 4.39 Å². The number of primary sulfonamides is 1. The summed E-state index contributed by atoms with van der Waals surface area (Å²) in [5.41, 5.74) is 0.368. The maximum Gasteiger partial charge on any atom is 0.223 e. The van der Waals surface area contributed by atoms with E-state index in [1.165, 1.54) is 24.3 Å². The van der Waals surface area contributed by atoms with Crippen molar-refractivity contribution in [1.82, 2.24) is 4.90 Å². The van der Waals surface area contributed by atoms with E-state index < -0.39 is 15.8 Å². The van der Waals surface area contributed by atoms with E-state index in [9.17, 15) is 22.4 Å². The van der Waals surface area contributed by atoms with Gasteiger partial charge in [-0.15, -0.1) is 0 Å². The van der Waals surface area contributed by atoms with Gasteiger partial charge in [0.1, 0.15) is 5.82 Å². The van der Waals surface area contributed by atoms with E-state index in [1.807, 2.05) is 0 Å². The Bertz CT molecular complexity index is 688. The van der Waals surface area contributed by atoms with Gasteiger partial charge in [-0.25, -0.2) is 17.9 Å². The van der Waals surface area contributed by atoms with E-state index in [0.717, 1.165) is 0 Å². The van der Waals surface area contributed by atoms with Crippen molar-refractivity contribution in [1.29, 1.82) is 0 Å². The molecule has 1 aromatic carbocycles. The fraction of sp³-hybridized carbons (Fsp3) is 0.467. The molecule has 1 amide bonds. The number of Topliss-reactive ketones (excluding diaryl/α,β-unsaturated/α-hetero) is 1. The first-order valence-electron chi connectivity index (χ1n) is 7.31. The van der Waals surface area contributed by atoms with Crippen molar-refractivity contribution in [3.8, 4) is 0 Å². The van der Waals surface area contributed by atoms with Gasteiger partial charge in [0.2, 0.25) is 15.9 Å². The Hall–Kier alpha value is -1.80. The molecule has 1 aliphatic heterocycles. The molecule has 1 saturated heterocycles. The van der Waals surface area contributed by atoms with Gasteiger partial charge in [0.05, 0.1) is 5.75 Å². The van der Waals surface area contributed by atoms with Gasteiger partial charge >= 0.3 is 0 Å². The van der Waals surface area contributed by atoms with Crippen LogP contribution >= 0.6 is 0 Å². The van der Waals surface area contributed by atoms with Gasteiger partial charge < -0.3 is 4.90 Å². The van der Waals surface area contributed by atoms with Crippen LogP contribution in [-0.2, 0) is 14.8 Å². The summed E-state index contributed by atoms with van der Waals surface area (Å²) in [5, 5.41) is 5.01. The fourth-order valence-electron chi connectivity index (χ4n) is 2.68. The minimum atomic E-state index is -3.54. The number of ketones is 1. The first-order valence-corrected chi connectivity index (χ1v) is 9.03. The van der Waals surface area contributed by atoms with Crippen molar-refractivity contribution < 1.29 is 22.4 Å². The molecule has 0 unspecified atom stereocenters. The van der Waals surface area contributed by atoms with Crippen LogP contribution in [0.25, 0.3) is 0 Å². The zero-order valence-electron chi connectivity index (χ0n) is 12.6. The highest BCUT2D eigenvalue weighted by Gasteiger charge is 2.28. The molecule has 0 saturated carbocycles. The number of halogens is 1. The molecule has 1 atom stereocenters. The third-order valence-electron chi connectivity index (χ3n) is 3.84. The topological polar surface area (TPSA) is 97.5 Å². The number of hydrogen-bond acceptors (Lipinski definition) is 4. The number of rotatable bonds is 6. The molecule has 23 heavy (non-hydrogen) atoms. The van der Waals surface area contributed by atoms with Crippen LogP contribution in [0.3, 0.4) is 0 Å². The van der Waals surface area contributed by atoms with Crippen LogP contribution in [0, 0.1) is 11.7 Å². The SMILES string of the molecule is NS(=O)(=O)C[C@H]1CCN(C(=O)CCC(=O)c2ccc(F)cc2)C1. The van der Waals surface area contributed by atoms with Gasteiger partial charge in [-0.1, -0.05) is 0 Å². The Kier molecular flexibility index (Phi) is 5.48. The summed E-state index contributed by atoms with van der Waals surface area (Å²) in [5.74, 6) is -1.11. The maximum absolute atomic E-state index is 12.8. The van der Waals surface area contributed by atoms with Gasteiger partial charge in [0.25, 0.3) is 0 Å². The van der Waals surface area contributed by atoms with Crippen LogP contribution in [-0.4, -0.2) is 43.9 Å². The molecular weight excluding hydrogens is 323 g/mol. The summed E-state index contributed by atoms with van der Waals surface area (Å²) in [6.07, 6.45) is 0.688. The zero-order chi connectivity index (χ0) is 17.0. The van der Waals surface area contributed by atoms with E-state index in [2.05, 4.69) is 0 Å². The van der Waals surface area contributed by atoms with Gasteiger partial charge in [-0.05, 0) is 36.6 Å². The lowest BCUT2D eigenvalue weighted by Gasteiger charge is -2.16. The number of carbonyl (C=O) groups excluding carboxylic acids is 2. The molecule has 0 aliphatic carbocycles. The van der Waals surface area contributed by atoms with Crippen molar-refractivity contribution >= 4 is 21.7 Å². The summed E-state index contributed by atoms with van der Waals surface area (Å²) in [4.78, 5) is 25.6. The number of amides is 1. The summed E-state index contributed by atoms with van der Waals surface area (Å²) < 4.78 is 34.9. The monoisotopic (exact) mass is 342 g/mol. The molecule has 0 bridgehead atoms. The van der Waals surface area contributed by atoms with E-state index in [0.29, 0.717) is 25.1 Å². The lowest BCUT2D eigenvalue weighted by molar-refractivity contribution is -0.130. The Morgan fingerprint density at radius 2 is 1.87 bits per heavy atom. The lowest BCUT2D eigenvalue weighted by Crippen LogP contribution is -2.31. The molecule has 0 spiro atoms. The molecule has 1 heterocycles. The van der Waals surface area contributed by atoms with Crippen LogP contribution in [0.15, 0.2) is 24.3 Å². The summed E-state index contributed by atoms with van der Waals surface area (Å²) in [6.45, 7) is 0.823. The molecule has 126 valence electrons. The predicted octanol–water partition coefficient (Wildman–Crippen LogP) is 0.926. The summed E-state index contributed by atoms with van der Waals surface area (Å²) in [7, 11) is -3.54. The average Bonchev–Trinajstić information content (AvgIpc) is 2.91. The highest BCUT2D eigenvalue weighted by molar-refractivity contribution is 7.89. The molecule has 6 nitrogen and oxygen atoms in total. The average molecular weight is 342 g/mol. The fourth-order valence-corrected chi connectivity index (χ4v) is 3.61. The van der Waals surface area contributed by atoms with Crippen molar-refractivity contribution in [2.24, 2.45) is 11.1 Å². The second kappa shape index (κ2) is 7.18. The van der Waals surface area contributed by atoms with Gasteiger partial charge in [0, 0.05) is 31.5 Å². The predicted molar refractivity (Wildman–Crippen MR) is 82.6 cm³/mol.